The molecule has 0 radical (unpaired) electrons. The minimum absolute atomic E-state index is 0.0448. The summed E-state index contributed by atoms with van der Waals surface area (Å²) < 4.78 is 56.0. The van der Waals surface area contributed by atoms with Gasteiger partial charge in [-0.25, -0.2) is 0 Å². The van der Waals surface area contributed by atoms with Gasteiger partial charge in [0.25, 0.3) is 5.76 Å². The summed E-state index contributed by atoms with van der Waals surface area (Å²) in [6, 6.07) is 10.4. The number of aryl methyl sites for hydroxylation is 1. The topological polar surface area (TPSA) is 48.7 Å². The van der Waals surface area contributed by atoms with Gasteiger partial charge in [-0.2, -0.15) is 13.2 Å². The predicted octanol–water partition coefficient (Wildman–Crippen LogP) is 5.48. The van der Waals surface area contributed by atoms with Gasteiger partial charge in [-0.15, -0.1) is 0 Å². The Balaban J connectivity index is 2.17. The van der Waals surface area contributed by atoms with Crippen LogP contribution in [0.4, 0.5) is 13.2 Å². The van der Waals surface area contributed by atoms with Gasteiger partial charge >= 0.3 is 6.18 Å². The zero-order valence-corrected chi connectivity index (χ0v) is 14.3. The van der Waals surface area contributed by atoms with Gasteiger partial charge in [0.2, 0.25) is 11.2 Å². The molecular weight excluding hydrogens is 361 g/mol. The SMILES string of the molecule is C=CCOc1ccc2c(=O)c(Oc3cccc(C)c3)c(C(F)(F)F)oc2c1. The van der Waals surface area contributed by atoms with E-state index in [-0.39, 0.29) is 29.1 Å². The summed E-state index contributed by atoms with van der Waals surface area (Å²) in [7, 11) is 0. The second-order valence-electron chi connectivity index (χ2n) is 5.76. The summed E-state index contributed by atoms with van der Waals surface area (Å²) >= 11 is 0. The number of fused-ring (bicyclic) bond motifs is 1. The first-order valence-electron chi connectivity index (χ1n) is 7.96. The quantitative estimate of drug-likeness (QED) is 0.554. The summed E-state index contributed by atoms with van der Waals surface area (Å²) in [5.41, 5.74) is -0.388. The first-order valence-corrected chi connectivity index (χ1v) is 7.96. The van der Waals surface area contributed by atoms with Crippen LogP contribution < -0.4 is 14.9 Å². The third-order valence-corrected chi connectivity index (χ3v) is 3.66. The van der Waals surface area contributed by atoms with E-state index in [9.17, 15) is 18.0 Å². The van der Waals surface area contributed by atoms with Crippen molar-refractivity contribution in [3.05, 3.63) is 76.7 Å². The standard InChI is InChI=1S/C20H15F3O4/c1-3-9-25-13-7-8-15-16(11-13)27-19(20(21,22)23)18(17(15)24)26-14-6-4-5-12(2)10-14/h3-8,10-11H,1,9H2,2H3. The van der Waals surface area contributed by atoms with E-state index in [2.05, 4.69) is 6.58 Å². The van der Waals surface area contributed by atoms with Gasteiger partial charge in [-0.1, -0.05) is 24.8 Å². The Kier molecular flexibility index (Phi) is 4.94. The molecule has 3 aromatic rings. The maximum Gasteiger partial charge on any atom is 0.453 e. The third-order valence-electron chi connectivity index (χ3n) is 3.66. The van der Waals surface area contributed by atoms with Crippen LogP contribution >= 0.6 is 0 Å². The second-order valence-corrected chi connectivity index (χ2v) is 5.76. The van der Waals surface area contributed by atoms with Crippen molar-refractivity contribution in [2.45, 2.75) is 13.1 Å². The molecule has 0 saturated heterocycles. The highest BCUT2D eigenvalue weighted by atomic mass is 19.4. The molecule has 0 atom stereocenters. The number of benzene rings is 2. The molecule has 0 bridgehead atoms. The molecule has 0 fully saturated rings. The van der Waals surface area contributed by atoms with Crippen molar-refractivity contribution in [1.82, 2.24) is 0 Å². The van der Waals surface area contributed by atoms with E-state index in [1.807, 2.05) is 0 Å². The van der Waals surface area contributed by atoms with Crippen molar-refractivity contribution < 1.29 is 27.1 Å². The number of ether oxygens (including phenoxy) is 2. The van der Waals surface area contributed by atoms with Crippen LogP contribution in [0.1, 0.15) is 11.3 Å². The molecule has 3 rings (SSSR count). The lowest BCUT2D eigenvalue weighted by molar-refractivity contribution is -0.154. The Bertz CT molecular complexity index is 1050. The zero-order valence-electron chi connectivity index (χ0n) is 14.3. The summed E-state index contributed by atoms with van der Waals surface area (Å²) in [6.45, 7) is 5.41. The molecule has 0 saturated carbocycles. The third kappa shape index (κ3) is 3.97. The highest BCUT2D eigenvalue weighted by Gasteiger charge is 2.40. The van der Waals surface area contributed by atoms with Crippen molar-refractivity contribution in [2.75, 3.05) is 6.61 Å². The molecule has 0 N–H and O–H groups in total. The van der Waals surface area contributed by atoms with Crippen LogP contribution in [0.5, 0.6) is 17.2 Å². The highest BCUT2D eigenvalue weighted by molar-refractivity contribution is 5.79. The summed E-state index contributed by atoms with van der Waals surface area (Å²) in [5, 5.41) is -0.0448. The fourth-order valence-corrected chi connectivity index (χ4v) is 2.48. The van der Waals surface area contributed by atoms with Crippen molar-refractivity contribution in [3.8, 4) is 17.2 Å². The van der Waals surface area contributed by atoms with Gasteiger partial charge in [0.15, 0.2) is 0 Å². The number of hydrogen-bond acceptors (Lipinski definition) is 4. The lowest BCUT2D eigenvalue weighted by Gasteiger charge is -2.14. The van der Waals surface area contributed by atoms with Crippen LogP contribution in [0.25, 0.3) is 11.0 Å². The fraction of sp³-hybridized carbons (Fsp3) is 0.150. The first-order chi connectivity index (χ1) is 12.8. The van der Waals surface area contributed by atoms with E-state index in [0.29, 0.717) is 0 Å². The minimum atomic E-state index is -4.91. The molecule has 27 heavy (non-hydrogen) atoms. The van der Waals surface area contributed by atoms with Gasteiger partial charge in [0, 0.05) is 6.07 Å². The van der Waals surface area contributed by atoms with E-state index in [4.69, 9.17) is 13.9 Å². The lowest BCUT2D eigenvalue weighted by Crippen LogP contribution is -2.15. The minimum Gasteiger partial charge on any atom is -0.489 e. The Morgan fingerprint density at radius 3 is 2.59 bits per heavy atom. The van der Waals surface area contributed by atoms with Crippen molar-refractivity contribution in [3.63, 3.8) is 0 Å². The zero-order chi connectivity index (χ0) is 19.6. The molecule has 0 spiro atoms. The van der Waals surface area contributed by atoms with E-state index < -0.39 is 23.1 Å². The number of rotatable bonds is 5. The average molecular weight is 376 g/mol. The molecule has 1 aromatic heterocycles. The van der Waals surface area contributed by atoms with Crippen LogP contribution in [-0.4, -0.2) is 6.61 Å². The molecular formula is C20H15F3O4. The van der Waals surface area contributed by atoms with Crippen LogP contribution in [0.2, 0.25) is 0 Å². The largest absolute Gasteiger partial charge is 0.489 e. The van der Waals surface area contributed by atoms with Crippen LogP contribution in [0.15, 0.2) is 64.3 Å². The van der Waals surface area contributed by atoms with Gasteiger partial charge in [0.05, 0.1) is 5.39 Å². The molecule has 0 unspecified atom stereocenters. The number of hydrogen-bond donors (Lipinski definition) is 0. The molecule has 4 nitrogen and oxygen atoms in total. The number of alkyl halides is 3. The summed E-state index contributed by atoms with van der Waals surface area (Å²) in [4.78, 5) is 12.7. The first kappa shape index (κ1) is 18.6. The molecule has 0 aliphatic heterocycles. The number of halogens is 3. The molecule has 0 aliphatic rings. The lowest BCUT2D eigenvalue weighted by atomic mass is 10.2. The normalized spacial score (nSPS) is 11.4. The Morgan fingerprint density at radius 2 is 1.93 bits per heavy atom. The maximum atomic E-state index is 13.5. The summed E-state index contributed by atoms with van der Waals surface area (Å²) in [5.74, 6) is -2.04. The van der Waals surface area contributed by atoms with Crippen molar-refractivity contribution in [2.24, 2.45) is 0 Å². The molecule has 2 aromatic carbocycles. The van der Waals surface area contributed by atoms with Gasteiger partial charge in [-0.05, 0) is 36.8 Å². The summed E-state index contributed by atoms with van der Waals surface area (Å²) in [6.07, 6.45) is -3.43. The second kappa shape index (κ2) is 7.19. The van der Waals surface area contributed by atoms with E-state index in [0.717, 1.165) is 5.56 Å². The van der Waals surface area contributed by atoms with Gasteiger partial charge in [-0.3, -0.25) is 4.79 Å². The van der Waals surface area contributed by atoms with Gasteiger partial charge < -0.3 is 13.9 Å². The highest BCUT2D eigenvalue weighted by Crippen LogP contribution is 2.38. The van der Waals surface area contributed by atoms with Crippen LogP contribution in [-0.2, 0) is 6.18 Å². The smallest absolute Gasteiger partial charge is 0.453 e. The van der Waals surface area contributed by atoms with E-state index >= 15 is 0 Å². The van der Waals surface area contributed by atoms with Crippen LogP contribution in [0.3, 0.4) is 0 Å². The average Bonchev–Trinajstić information content (AvgIpc) is 2.61. The molecule has 0 amide bonds. The Morgan fingerprint density at radius 1 is 1.15 bits per heavy atom. The maximum absolute atomic E-state index is 13.5. The van der Waals surface area contributed by atoms with E-state index in [1.54, 1.807) is 19.1 Å². The van der Waals surface area contributed by atoms with Crippen molar-refractivity contribution in [1.29, 1.82) is 0 Å². The molecule has 140 valence electrons. The fourth-order valence-electron chi connectivity index (χ4n) is 2.48. The molecule has 1 heterocycles. The van der Waals surface area contributed by atoms with Crippen molar-refractivity contribution >= 4 is 11.0 Å². The van der Waals surface area contributed by atoms with Gasteiger partial charge in [0.1, 0.15) is 23.7 Å². The Hall–Kier alpha value is -3.22. The molecule has 7 heteroatoms. The monoisotopic (exact) mass is 376 g/mol. The predicted molar refractivity (Wildman–Crippen MR) is 94.4 cm³/mol. The molecule has 0 aliphatic carbocycles. The Labute approximate surface area is 152 Å². The van der Waals surface area contributed by atoms with Crippen LogP contribution in [0, 0.1) is 6.92 Å². The van der Waals surface area contributed by atoms with E-state index in [1.165, 1.54) is 36.4 Å².